The van der Waals surface area contributed by atoms with E-state index in [-0.39, 0.29) is 18.4 Å². The van der Waals surface area contributed by atoms with Gasteiger partial charge in [0.2, 0.25) is 5.88 Å². The van der Waals surface area contributed by atoms with Crippen LogP contribution in [-0.4, -0.2) is 37.0 Å². The minimum atomic E-state index is 0. The second-order valence-electron chi connectivity index (χ2n) is 5.11. The molecule has 0 bridgehead atoms. The predicted octanol–water partition coefficient (Wildman–Crippen LogP) is 1.67. The highest BCUT2D eigenvalue weighted by Crippen LogP contribution is 2.23. The fraction of sp³-hybridized carbons (Fsp3) is 0.357. The van der Waals surface area contributed by atoms with Crippen molar-refractivity contribution in [2.24, 2.45) is 12.8 Å². The Kier molecular flexibility index (Phi) is 4.99. The molecule has 0 aliphatic heterocycles. The molecule has 0 aliphatic rings. The van der Waals surface area contributed by atoms with Gasteiger partial charge in [-0.15, -0.1) is 12.4 Å². The summed E-state index contributed by atoms with van der Waals surface area (Å²) in [6, 6.07) is 1.98. The summed E-state index contributed by atoms with van der Waals surface area (Å²) in [6.07, 6.45) is 8.04. The van der Waals surface area contributed by atoms with Crippen molar-refractivity contribution in [2.45, 2.75) is 19.4 Å². The van der Waals surface area contributed by atoms with Gasteiger partial charge in [0.05, 0.1) is 30.9 Å². The van der Waals surface area contributed by atoms with Gasteiger partial charge in [0.1, 0.15) is 5.52 Å². The Labute approximate surface area is 134 Å². The molecule has 1 unspecified atom stereocenters. The zero-order valence-electron chi connectivity index (χ0n) is 12.5. The average molecular weight is 323 g/mol. The maximum Gasteiger partial charge on any atom is 0.240 e. The van der Waals surface area contributed by atoms with Crippen molar-refractivity contribution in [1.29, 1.82) is 0 Å². The number of aromatic nitrogens is 5. The number of ether oxygens (including phenoxy) is 1. The van der Waals surface area contributed by atoms with E-state index in [1.807, 2.05) is 32.4 Å². The van der Waals surface area contributed by atoms with Crippen molar-refractivity contribution in [3.8, 4) is 17.1 Å². The summed E-state index contributed by atoms with van der Waals surface area (Å²) in [5, 5.41) is 8.43. The number of hydrogen-bond acceptors (Lipinski definition) is 5. The molecule has 2 N–H and O–H groups in total. The molecule has 0 saturated heterocycles. The van der Waals surface area contributed by atoms with Gasteiger partial charge in [-0.25, -0.2) is 9.50 Å². The summed E-state index contributed by atoms with van der Waals surface area (Å²) in [7, 11) is 1.87. The molecule has 118 valence electrons. The molecule has 1 atom stereocenters. The van der Waals surface area contributed by atoms with Crippen LogP contribution in [0.25, 0.3) is 16.8 Å². The van der Waals surface area contributed by atoms with Gasteiger partial charge in [0, 0.05) is 24.8 Å². The fourth-order valence-electron chi connectivity index (χ4n) is 2.04. The molecule has 8 heteroatoms. The van der Waals surface area contributed by atoms with Crippen molar-refractivity contribution in [3.63, 3.8) is 0 Å². The molecule has 22 heavy (non-hydrogen) atoms. The first kappa shape index (κ1) is 16.3. The molecule has 0 saturated carbocycles. The maximum atomic E-state index is 5.78. The molecule has 0 amide bonds. The van der Waals surface area contributed by atoms with Crippen molar-refractivity contribution in [1.82, 2.24) is 24.4 Å². The van der Waals surface area contributed by atoms with Crippen LogP contribution in [0.1, 0.15) is 13.3 Å². The number of halogens is 1. The molecule has 0 fully saturated rings. The van der Waals surface area contributed by atoms with Crippen LogP contribution >= 0.6 is 12.4 Å². The number of aryl methyl sites for hydroxylation is 1. The highest BCUT2D eigenvalue weighted by atomic mass is 35.5. The first-order valence-corrected chi connectivity index (χ1v) is 6.85. The van der Waals surface area contributed by atoms with Crippen LogP contribution in [0.5, 0.6) is 5.88 Å². The summed E-state index contributed by atoms with van der Waals surface area (Å²) in [4.78, 5) is 4.58. The van der Waals surface area contributed by atoms with E-state index in [9.17, 15) is 0 Å². The monoisotopic (exact) mass is 322 g/mol. The molecule has 7 nitrogen and oxygen atoms in total. The van der Waals surface area contributed by atoms with E-state index in [0.29, 0.717) is 12.5 Å². The van der Waals surface area contributed by atoms with E-state index < -0.39 is 0 Å². The van der Waals surface area contributed by atoms with E-state index in [1.165, 1.54) is 0 Å². The average Bonchev–Trinajstić information content (AvgIpc) is 3.06. The molecule has 0 radical (unpaired) electrons. The quantitative estimate of drug-likeness (QED) is 0.772. The lowest BCUT2D eigenvalue weighted by atomic mass is 10.2. The Morgan fingerprint density at radius 1 is 1.32 bits per heavy atom. The maximum absolute atomic E-state index is 5.78. The number of nitrogens with two attached hydrogens (primary N) is 1. The molecular formula is C14H19ClN6O. The normalized spacial score (nSPS) is 12.1. The fourth-order valence-corrected chi connectivity index (χ4v) is 2.04. The van der Waals surface area contributed by atoms with E-state index in [4.69, 9.17) is 10.5 Å². The summed E-state index contributed by atoms with van der Waals surface area (Å²) in [5.74, 6) is 0.564. The summed E-state index contributed by atoms with van der Waals surface area (Å²) < 4.78 is 9.28. The van der Waals surface area contributed by atoms with Crippen molar-refractivity contribution >= 4 is 17.9 Å². The first-order valence-electron chi connectivity index (χ1n) is 6.85. The van der Waals surface area contributed by atoms with Gasteiger partial charge >= 0.3 is 0 Å². The van der Waals surface area contributed by atoms with Crippen LogP contribution in [0.4, 0.5) is 0 Å². The molecule has 3 aromatic heterocycles. The lowest BCUT2D eigenvalue weighted by molar-refractivity contribution is 0.292. The second kappa shape index (κ2) is 6.76. The van der Waals surface area contributed by atoms with Crippen LogP contribution < -0.4 is 10.5 Å². The van der Waals surface area contributed by atoms with Gasteiger partial charge in [-0.3, -0.25) is 4.68 Å². The van der Waals surface area contributed by atoms with E-state index >= 15 is 0 Å². The van der Waals surface area contributed by atoms with Crippen LogP contribution in [0.2, 0.25) is 0 Å². The molecule has 3 heterocycles. The van der Waals surface area contributed by atoms with Crippen LogP contribution in [0.15, 0.2) is 30.9 Å². The minimum Gasteiger partial charge on any atom is -0.476 e. The molecule has 0 aromatic carbocycles. The molecular weight excluding hydrogens is 304 g/mol. The van der Waals surface area contributed by atoms with Gasteiger partial charge in [0.25, 0.3) is 0 Å². The Bertz CT molecular complexity index is 751. The van der Waals surface area contributed by atoms with Gasteiger partial charge < -0.3 is 10.5 Å². The first-order chi connectivity index (χ1) is 10.1. The molecule has 3 aromatic rings. The van der Waals surface area contributed by atoms with Gasteiger partial charge in [0.15, 0.2) is 0 Å². The Balaban J connectivity index is 0.00000176. The van der Waals surface area contributed by atoms with Crippen LogP contribution in [-0.2, 0) is 7.05 Å². The van der Waals surface area contributed by atoms with Gasteiger partial charge in [-0.1, -0.05) is 0 Å². The Morgan fingerprint density at radius 3 is 2.82 bits per heavy atom. The smallest absolute Gasteiger partial charge is 0.240 e. The highest BCUT2D eigenvalue weighted by Gasteiger charge is 2.11. The number of hydrogen-bond donors (Lipinski definition) is 1. The van der Waals surface area contributed by atoms with Gasteiger partial charge in [-0.2, -0.15) is 10.2 Å². The highest BCUT2D eigenvalue weighted by molar-refractivity contribution is 5.85. The molecule has 0 aliphatic carbocycles. The summed E-state index contributed by atoms with van der Waals surface area (Å²) >= 11 is 0. The zero-order chi connectivity index (χ0) is 14.8. The SMILES string of the molecule is CC(N)CCOc1nc(-c2cnn(C)c2)cn2nccc12.Cl. The lowest BCUT2D eigenvalue weighted by Gasteiger charge is -2.10. The predicted molar refractivity (Wildman–Crippen MR) is 86.2 cm³/mol. The summed E-state index contributed by atoms with van der Waals surface area (Å²) in [5.41, 5.74) is 8.28. The Hall–Kier alpha value is -2.12. The largest absolute Gasteiger partial charge is 0.476 e. The zero-order valence-corrected chi connectivity index (χ0v) is 13.3. The van der Waals surface area contributed by atoms with Crippen molar-refractivity contribution < 1.29 is 4.74 Å². The summed E-state index contributed by atoms with van der Waals surface area (Å²) in [6.45, 7) is 2.49. The van der Waals surface area contributed by atoms with Crippen LogP contribution in [0, 0.1) is 0 Å². The third-order valence-electron chi connectivity index (χ3n) is 3.17. The molecule has 0 spiro atoms. The minimum absolute atomic E-state index is 0. The van der Waals surface area contributed by atoms with E-state index in [0.717, 1.165) is 23.2 Å². The standard InChI is InChI=1S/C14H18N6O.ClH/c1-10(15)4-6-21-14-13-3-5-16-20(13)9-12(18-14)11-7-17-19(2)8-11;/h3,5,7-10H,4,6,15H2,1-2H3;1H. The van der Waals surface area contributed by atoms with E-state index in [2.05, 4.69) is 15.2 Å². The van der Waals surface area contributed by atoms with E-state index in [1.54, 1.807) is 21.6 Å². The Morgan fingerprint density at radius 2 is 2.14 bits per heavy atom. The second-order valence-corrected chi connectivity index (χ2v) is 5.11. The lowest BCUT2D eigenvalue weighted by Crippen LogP contribution is -2.18. The number of rotatable bonds is 5. The molecule has 3 rings (SSSR count). The topological polar surface area (TPSA) is 83.3 Å². The number of fused-ring (bicyclic) bond motifs is 1. The number of nitrogens with zero attached hydrogens (tertiary/aromatic N) is 5. The van der Waals surface area contributed by atoms with Crippen molar-refractivity contribution in [2.75, 3.05) is 6.61 Å². The third kappa shape index (κ3) is 3.37. The van der Waals surface area contributed by atoms with Gasteiger partial charge in [-0.05, 0) is 19.4 Å². The van der Waals surface area contributed by atoms with Crippen molar-refractivity contribution in [3.05, 3.63) is 30.9 Å². The third-order valence-corrected chi connectivity index (χ3v) is 3.17. The van der Waals surface area contributed by atoms with Crippen LogP contribution in [0.3, 0.4) is 0 Å².